The molecule has 0 aliphatic heterocycles. The van der Waals surface area contributed by atoms with Crippen LogP contribution in [0.25, 0.3) is 0 Å². The Balaban J connectivity index is 1.78. The van der Waals surface area contributed by atoms with Crippen molar-refractivity contribution in [3.8, 4) is 10.8 Å². The minimum absolute atomic E-state index is 0.0811. The second-order valence-electron chi connectivity index (χ2n) is 4.50. The number of hydrogen-bond acceptors (Lipinski definition) is 1. The molecule has 14 heavy (non-hydrogen) atoms. The second kappa shape index (κ2) is 3.94. The summed E-state index contributed by atoms with van der Waals surface area (Å²) in [7, 11) is 1.84. The normalized spacial score (nSPS) is 32.9. The molecule has 0 N–H and O–H groups in total. The van der Waals surface area contributed by atoms with Gasteiger partial charge < -0.3 is 4.90 Å². The van der Waals surface area contributed by atoms with Crippen LogP contribution in [0.2, 0.25) is 0 Å². The van der Waals surface area contributed by atoms with Gasteiger partial charge in [0.2, 0.25) is 0 Å². The fourth-order valence-corrected chi connectivity index (χ4v) is 2.76. The molecule has 0 aromatic heterocycles. The van der Waals surface area contributed by atoms with E-state index in [9.17, 15) is 4.79 Å². The number of fused-ring (bicyclic) bond motifs is 1. The first-order valence-corrected chi connectivity index (χ1v) is 5.86. The number of amides is 1. The van der Waals surface area contributed by atoms with Gasteiger partial charge in [-0.05, 0) is 41.8 Å². The quantitative estimate of drug-likeness (QED) is 0.690. The highest BCUT2D eigenvalue weighted by molar-refractivity contribution is 9.12. The predicted octanol–water partition coefficient (Wildman–Crippen LogP) is 1.85. The Hall–Kier alpha value is -0.490. The van der Waals surface area contributed by atoms with Crippen molar-refractivity contribution in [2.75, 3.05) is 13.6 Å². The molecule has 0 spiro atoms. The van der Waals surface area contributed by atoms with Crippen LogP contribution in [0.4, 0.5) is 0 Å². The van der Waals surface area contributed by atoms with Crippen LogP contribution in [0.5, 0.6) is 0 Å². The Kier molecular flexibility index (Phi) is 2.83. The van der Waals surface area contributed by atoms with Gasteiger partial charge >= 0.3 is 0 Å². The molecule has 2 atom stereocenters. The van der Waals surface area contributed by atoms with Crippen molar-refractivity contribution >= 4 is 21.8 Å². The van der Waals surface area contributed by atoms with Gasteiger partial charge in [-0.15, -0.1) is 0 Å². The zero-order valence-electron chi connectivity index (χ0n) is 8.29. The first-order chi connectivity index (χ1) is 6.70. The molecule has 0 bridgehead atoms. The monoisotopic (exact) mass is 255 g/mol. The predicted molar refractivity (Wildman–Crippen MR) is 58.7 cm³/mol. The smallest absolute Gasteiger partial charge is 0.299 e. The van der Waals surface area contributed by atoms with Crippen LogP contribution >= 0.6 is 15.9 Å². The van der Waals surface area contributed by atoms with Crippen molar-refractivity contribution in [3.05, 3.63) is 0 Å². The van der Waals surface area contributed by atoms with Crippen LogP contribution in [0, 0.1) is 28.5 Å². The number of carbonyl (C=O) groups excluding carboxylic acids is 1. The molecule has 0 heterocycles. The standard InChI is InChI=1S/C11H14BrNO/c1-13(11(14)2-3-12)7-8-4-9-6-10(9)5-8/h8-10H,4-7H2,1H3. The van der Waals surface area contributed by atoms with Crippen LogP contribution in [0.3, 0.4) is 0 Å². The van der Waals surface area contributed by atoms with Crippen LogP contribution in [0.1, 0.15) is 19.3 Å². The highest BCUT2D eigenvalue weighted by atomic mass is 79.9. The molecule has 2 aliphatic rings. The summed E-state index contributed by atoms with van der Waals surface area (Å²) < 4.78 is 0. The Morgan fingerprint density at radius 2 is 2.07 bits per heavy atom. The first kappa shape index (κ1) is 10.0. The summed E-state index contributed by atoms with van der Waals surface area (Å²) in [5.74, 6) is 5.12. The van der Waals surface area contributed by atoms with Crippen molar-refractivity contribution in [2.24, 2.45) is 17.8 Å². The molecule has 0 saturated heterocycles. The van der Waals surface area contributed by atoms with E-state index in [4.69, 9.17) is 0 Å². The Labute approximate surface area is 93.2 Å². The Morgan fingerprint density at radius 3 is 2.64 bits per heavy atom. The largest absolute Gasteiger partial charge is 0.335 e. The number of hydrogen-bond donors (Lipinski definition) is 0. The van der Waals surface area contributed by atoms with Crippen LogP contribution in [-0.4, -0.2) is 24.4 Å². The fraction of sp³-hybridized carbons (Fsp3) is 0.727. The SMILES string of the molecule is CN(CC1CC2CC2C1)C(=O)C#CBr. The summed E-state index contributed by atoms with van der Waals surface area (Å²) in [6.07, 6.45) is 4.09. The minimum atomic E-state index is -0.0811. The Morgan fingerprint density at radius 1 is 1.43 bits per heavy atom. The summed E-state index contributed by atoms with van der Waals surface area (Å²) in [5, 5.41) is 0. The summed E-state index contributed by atoms with van der Waals surface area (Å²) in [6.45, 7) is 0.882. The second-order valence-corrected chi connectivity index (χ2v) is 4.89. The average Bonchev–Trinajstić information content (AvgIpc) is 2.75. The van der Waals surface area contributed by atoms with E-state index in [0.29, 0.717) is 0 Å². The molecule has 0 radical (unpaired) electrons. The molecule has 0 aromatic rings. The van der Waals surface area contributed by atoms with Crippen molar-refractivity contribution in [1.29, 1.82) is 0 Å². The van der Waals surface area contributed by atoms with Crippen molar-refractivity contribution < 1.29 is 4.79 Å². The number of rotatable bonds is 2. The van der Waals surface area contributed by atoms with Gasteiger partial charge in [-0.1, -0.05) is 0 Å². The van der Waals surface area contributed by atoms with Crippen molar-refractivity contribution in [2.45, 2.75) is 19.3 Å². The van der Waals surface area contributed by atoms with E-state index in [2.05, 4.69) is 26.7 Å². The maximum absolute atomic E-state index is 11.3. The lowest BCUT2D eigenvalue weighted by atomic mass is 10.0. The first-order valence-electron chi connectivity index (χ1n) is 5.07. The number of carbonyl (C=O) groups is 1. The van der Waals surface area contributed by atoms with E-state index in [-0.39, 0.29) is 5.91 Å². The Bertz CT molecular complexity index is 294. The van der Waals surface area contributed by atoms with Gasteiger partial charge in [-0.2, -0.15) is 0 Å². The van der Waals surface area contributed by atoms with Crippen molar-refractivity contribution in [3.63, 3.8) is 0 Å². The van der Waals surface area contributed by atoms with Gasteiger partial charge in [-0.25, -0.2) is 0 Å². The topological polar surface area (TPSA) is 20.3 Å². The maximum Gasteiger partial charge on any atom is 0.299 e. The summed E-state index contributed by atoms with van der Waals surface area (Å²) in [5.41, 5.74) is 0. The lowest BCUT2D eigenvalue weighted by molar-refractivity contribution is -0.124. The van der Waals surface area contributed by atoms with E-state index in [1.54, 1.807) is 4.90 Å². The molecule has 2 rings (SSSR count). The molecule has 2 fully saturated rings. The fourth-order valence-electron chi connectivity index (χ4n) is 2.60. The molecule has 1 amide bonds. The third-order valence-electron chi connectivity index (χ3n) is 3.37. The van der Waals surface area contributed by atoms with Gasteiger partial charge in [0, 0.05) is 35.4 Å². The molecular weight excluding hydrogens is 242 g/mol. The van der Waals surface area contributed by atoms with Gasteiger partial charge in [-0.3, -0.25) is 4.79 Å². The van der Waals surface area contributed by atoms with E-state index in [0.717, 1.165) is 24.3 Å². The molecule has 2 unspecified atom stereocenters. The molecule has 0 aromatic carbocycles. The minimum Gasteiger partial charge on any atom is -0.335 e. The van der Waals surface area contributed by atoms with Crippen molar-refractivity contribution in [1.82, 2.24) is 4.90 Å². The maximum atomic E-state index is 11.3. The zero-order valence-corrected chi connectivity index (χ0v) is 9.88. The van der Waals surface area contributed by atoms with Crippen LogP contribution in [-0.2, 0) is 4.79 Å². The van der Waals surface area contributed by atoms with Gasteiger partial charge in [0.15, 0.2) is 0 Å². The zero-order chi connectivity index (χ0) is 10.1. The van der Waals surface area contributed by atoms with Crippen LogP contribution < -0.4 is 0 Å². The summed E-state index contributed by atoms with van der Waals surface area (Å²) in [4.78, 5) is 15.5. The molecule has 2 saturated carbocycles. The van der Waals surface area contributed by atoms with E-state index < -0.39 is 0 Å². The van der Waals surface area contributed by atoms with E-state index in [1.807, 2.05) is 7.05 Å². The number of nitrogens with zero attached hydrogens (tertiary/aromatic N) is 1. The third kappa shape index (κ3) is 2.12. The molecule has 3 heteroatoms. The summed E-state index contributed by atoms with van der Waals surface area (Å²) in [6, 6.07) is 0. The van der Waals surface area contributed by atoms with E-state index >= 15 is 0 Å². The highest BCUT2D eigenvalue weighted by Crippen LogP contribution is 2.54. The highest BCUT2D eigenvalue weighted by Gasteiger charge is 2.45. The molecular formula is C11H14BrNO. The third-order valence-corrected chi connectivity index (χ3v) is 3.57. The average molecular weight is 256 g/mol. The van der Waals surface area contributed by atoms with Gasteiger partial charge in [0.25, 0.3) is 5.91 Å². The molecule has 2 nitrogen and oxygen atoms in total. The number of halogens is 1. The molecule has 2 aliphatic carbocycles. The van der Waals surface area contributed by atoms with E-state index in [1.165, 1.54) is 19.3 Å². The molecule has 76 valence electrons. The lowest BCUT2D eigenvalue weighted by Crippen LogP contribution is -2.30. The van der Waals surface area contributed by atoms with Gasteiger partial charge in [0.05, 0.1) is 0 Å². The summed E-state index contributed by atoms with van der Waals surface area (Å²) >= 11 is 2.94. The lowest BCUT2D eigenvalue weighted by Gasteiger charge is -2.19. The van der Waals surface area contributed by atoms with Gasteiger partial charge in [0.1, 0.15) is 0 Å². The van der Waals surface area contributed by atoms with Crippen LogP contribution in [0.15, 0.2) is 0 Å².